The van der Waals surface area contributed by atoms with E-state index in [1.54, 1.807) is 0 Å². The van der Waals surface area contributed by atoms with Gasteiger partial charge in [0, 0.05) is 43.4 Å². The van der Waals surface area contributed by atoms with Gasteiger partial charge < -0.3 is 28.4 Å². The summed E-state index contributed by atoms with van der Waals surface area (Å²) in [6.45, 7) is 10.6. The second kappa shape index (κ2) is 18.7. The number of ether oxygens (including phenoxy) is 6. The summed E-state index contributed by atoms with van der Waals surface area (Å²) in [5.41, 5.74) is -0.894. The van der Waals surface area contributed by atoms with Crippen LogP contribution in [0.5, 0.6) is 0 Å². The van der Waals surface area contributed by atoms with E-state index >= 15 is 0 Å². The second-order valence-corrected chi connectivity index (χ2v) is 10.3. The summed E-state index contributed by atoms with van der Waals surface area (Å²) in [5, 5.41) is 0. The number of esters is 5. The van der Waals surface area contributed by atoms with Crippen molar-refractivity contribution in [2.24, 2.45) is 11.3 Å². The van der Waals surface area contributed by atoms with Crippen LogP contribution in [0.1, 0.15) is 64.2 Å². The van der Waals surface area contributed by atoms with Crippen molar-refractivity contribution in [3.8, 4) is 0 Å². The van der Waals surface area contributed by atoms with E-state index in [0.717, 1.165) is 18.2 Å². The van der Waals surface area contributed by atoms with Crippen molar-refractivity contribution in [2.75, 3.05) is 33.0 Å². The Hall–Kier alpha value is -3.80. The molecule has 12 nitrogen and oxygen atoms in total. The molecule has 12 heteroatoms. The maximum Gasteiger partial charge on any atom is 0.330 e. The van der Waals surface area contributed by atoms with Crippen LogP contribution in [0, 0.1) is 11.3 Å². The van der Waals surface area contributed by atoms with Gasteiger partial charge in [-0.3, -0.25) is 14.4 Å². The number of ketones is 1. The van der Waals surface area contributed by atoms with E-state index in [1.807, 2.05) is 0 Å². The normalized spacial score (nSPS) is 22.0. The van der Waals surface area contributed by atoms with Crippen molar-refractivity contribution in [1.82, 2.24) is 0 Å². The molecule has 1 saturated carbocycles. The molecular formula is C31H42O12. The van der Waals surface area contributed by atoms with Gasteiger partial charge in [-0.2, -0.15) is 0 Å². The molecule has 0 aromatic rings. The molecule has 0 aromatic heterocycles. The van der Waals surface area contributed by atoms with E-state index in [9.17, 15) is 28.8 Å². The van der Waals surface area contributed by atoms with Crippen LogP contribution in [0.25, 0.3) is 0 Å². The van der Waals surface area contributed by atoms with Crippen LogP contribution in [0.3, 0.4) is 0 Å². The standard InChI is InChI=1S/C31H42O12/c1-4-26(33)39-16-10-7-13-23(32)22-19-31(22)24(42-29(36)14-8-11-17-40-27(34)5-2)20-38-21-25(31)43-30(37)15-9-12-18-41-28(35)6-3/h4-6,22,24-25H,1-3,7-21H2/t22-,24-,25+,31?/m0/s1. The molecule has 1 aliphatic carbocycles. The molecule has 0 amide bonds. The zero-order valence-electron chi connectivity index (χ0n) is 24.6. The first-order chi connectivity index (χ1) is 20.7. The highest BCUT2D eigenvalue weighted by Crippen LogP contribution is 2.61. The van der Waals surface area contributed by atoms with Crippen molar-refractivity contribution >= 4 is 35.6 Å². The van der Waals surface area contributed by atoms with Crippen molar-refractivity contribution in [3.63, 3.8) is 0 Å². The van der Waals surface area contributed by atoms with Crippen LogP contribution in [0.4, 0.5) is 0 Å². The van der Waals surface area contributed by atoms with Crippen molar-refractivity contribution < 1.29 is 57.2 Å². The van der Waals surface area contributed by atoms with Crippen LogP contribution in [0.2, 0.25) is 0 Å². The number of rotatable bonds is 21. The maximum atomic E-state index is 13.2. The molecule has 4 atom stereocenters. The van der Waals surface area contributed by atoms with Gasteiger partial charge in [0.1, 0.15) is 18.0 Å². The Morgan fingerprint density at radius 1 is 0.628 bits per heavy atom. The van der Waals surface area contributed by atoms with Crippen molar-refractivity contribution in [2.45, 2.75) is 76.4 Å². The maximum absolute atomic E-state index is 13.2. The number of carbonyl (C=O) groups is 6. The summed E-state index contributed by atoms with van der Waals surface area (Å²) in [5.74, 6) is -3.13. The molecule has 43 heavy (non-hydrogen) atoms. The summed E-state index contributed by atoms with van der Waals surface area (Å²) < 4.78 is 32.0. The molecule has 1 spiro atoms. The van der Waals surface area contributed by atoms with Crippen LogP contribution in [0.15, 0.2) is 38.0 Å². The van der Waals surface area contributed by atoms with E-state index < -0.39 is 53.4 Å². The van der Waals surface area contributed by atoms with Crippen molar-refractivity contribution in [3.05, 3.63) is 38.0 Å². The predicted octanol–water partition coefficient (Wildman–Crippen LogP) is 3.11. The van der Waals surface area contributed by atoms with E-state index in [0.29, 0.717) is 44.9 Å². The van der Waals surface area contributed by atoms with E-state index in [-0.39, 0.29) is 58.1 Å². The molecule has 0 N–H and O–H groups in total. The minimum atomic E-state index is -0.894. The molecular weight excluding hydrogens is 564 g/mol. The summed E-state index contributed by atoms with van der Waals surface area (Å²) in [4.78, 5) is 72.1. The number of hydrogen-bond acceptors (Lipinski definition) is 12. The second-order valence-electron chi connectivity index (χ2n) is 10.3. The molecule has 1 unspecified atom stereocenters. The monoisotopic (exact) mass is 606 g/mol. The fourth-order valence-electron chi connectivity index (χ4n) is 4.96. The Bertz CT molecular complexity index is 980. The molecule has 2 fully saturated rings. The lowest BCUT2D eigenvalue weighted by molar-refractivity contribution is -0.193. The lowest BCUT2D eigenvalue weighted by atomic mass is 9.86. The van der Waals surface area contributed by atoms with Gasteiger partial charge in [-0.15, -0.1) is 0 Å². The minimum Gasteiger partial charge on any atom is -0.463 e. The van der Waals surface area contributed by atoms with Gasteiger partial charge in [0.05, 0.1) is 38.4 Å². The van der Waals surface area contributed by atoms with Crippen LogP contribution in [-0.2, 0) is 57.2 Å². The number of hydrogen-bond donors (Lipinski definition) is 0. The SMILES string of the molecule is C=CC(=O)OCCCCC(=O)O[C@H]1COC[C@@H](OC(=O)CCCCOC(=O)C=C)C12C[C@H]2C(=O)CCCCOC(=O)C=C. The fraction of sp³-hybridized carbons (Fsp3) is 0.613. The van der Waals surface area contributed by atoms with Crippen LogP contribution in [-0.4, -0.2) is 80.9 Å². The highest BCUT2D eigenvalue weighted by Gasteiger charge is 2.70. The molecule has 1 aliphatic heterocycles. The number of carbonyl (C=O) groups excluding carboxylic acids is 6. The average molecular weight is 607 g/mol. The third kappa shape index (κ3) is 11.8. The first-order valence-electron chi connectivity index (χ1n) is 14.5. The topological polar surface area (TPSA) is 158 Å². The van der Waals surface area contributed by atoms with Gasteiger partial charge in [-0.25, -0.2) is 14.4 Å². The zero-order valence-corrected chi connectivity index (χ0v) is 24.6. The summed E-state index contributed by atoms with van der Waals surface area (Å²) >= 11 is 0. The summed E-state index contributed by atoms with van der Waals surface area (Å²) in [6.07, 6.45) is 5.11. The lowest BCUT2D eigenvalue weighted by Gasteiger charge is -2.38. The predicted molar refractivity (Wildman–Crippen MR) is 151 cm³/mol. The van der Waals surface area contributed by atoms with Crippen LogP contribution < -0.4 is 0 Å². The van der Waals surface area contributed by atoms with Gasteiger partial charge in [0.25, 0.3) is 0 Å². The molecule has 238 valence electrons. The minimum absolute atomic E-state index is 0.0490. The Kier molecular flexibility index (Phi) is 15.4. The van der Waals surface area contributed by atoms with Crippen molar-refractivity contribution in [1.29, 1.82) is 0 Å². The third-order valence-electron chi connectivity index (χ3n) is 7.32. The Morgan fingerprint density at radius 2 is 1.02 bits per heavy atom. The van der Waals surface area contributed by atoms with E-state index in [4.69, 9.17) is 28.4 Å². The highest BCUT2D eigenvalue weighted by atomic mass is 16.6. The van der Waals surface area contributed by atoms with E-state index in [2.05, 4.69) is 19.7 Å². The molecule has 0 radical (unpaired) electrons. The highest BCUT2D eigenvalue weighted by molar-refractivity contribution is 5.85. The number of unbranched alkanes of at least 4 members (excludes halogenated alkanes) is 3. The average Bonchev–Trinajstić information content (AvgIpc) is 3.74. The Morgan fingerprint density at radius 3 is 1.42 bits per heavy atom. The smallest absolute Gasteiger partial charge is 0.330 e. The number of Topliss-reactive ketones (excluding diaryl/α,β-unsaturated/α-hetero) is 1. The molecule has 0 aromatic carbocycles. The molecule has 0 bridgehead atoms. The summed E-state index contributed by atoms with van der Waals surface area (Å²) in [7, 11) is 0. The Balaban J connectivity index is 1.97. The zero-order chi connectivity index (χ0) is 31.7. The van der Waals surface area contributed by atoms with Gasteiger partial charge in [0.2, 0.25) is 0 Å². The van der Waals surface area contributed by atoms with Gasteiger partial charge in [-0.1, -0.05) is 19.7 Å². The largest absolute Gasteiger partial charge is 0.463 e. The summed E-state index contributed by atoms with van der Waals surface area (Å²) in [6, 6.07) is 0. The lowest BCUT2D eigenvalue weighted by Crippen LogP contribution is -2.51. The van der Waals surface area contributed by atoms with Crippen LogP contribution >= 0.6 is 0 Å². The fourth-order valence-corrected chi connectivity index (χ4v) is 4.96. The molecule has 1 heterocycles. The first kappa shape index (κ1) is 35.4. The van der Waals surface area contributed by atoms with Gasteiger partial charge >= 0.3 is 29.8 Å². The molecule has 2 aliphatic rings. The molecule has 2 rings (SSSR count). The first-order valence-corrected chi connectivity index (χ1v) is 14.5. The molecule has 1 saturated heterocycles. The van der Waals surface area contributed by atoms with Gasteiger partial charge in [-0.05, 0) is 44.9 Å². The van der Waals surface area contributed by atoms with E-state index in [1.165, 1.54) is 0 Å². The quantitative estimate of drug-likeness (QED) is 0.0815. The Labute approximate surface area is 251 Å². The van der Waals surface area contributed by atoms with Gasteiger partial charge in [0.15, 0.2) is 0 Å². The third-order valence-corrected chi connectivity index (χ3v) is 7.32.